The predicted molar refractivity (Wildman–Crippen MR) is 156 cm³/mol. The number of thiophene rings is 1. The molecular formula is C27H24Cl2N4O3S2. The Labute approximate surface area is 238 Å². The molecule has 196 valence electrons. The summed E-state index contributed by atoms with van der Waals surface area (Å²) in [6.07, 6.45) is 1.71. The molecule has 4 aromatic rings. The highest BCUT2D eigenvalue weighted by Gasteiger charge is 2.24. The van der Waals surface area contributed by atoms with Gasteiger partial charge in [-0.15, -0.1) is 28.1 Å². The zero-order valence-corrected chi connectivity index (χ0v) is 24.0. The Kier molecular flexibility index (Phi) is 8.94. The molecule has 0 bridgehead atoms. The summed E-state index contributed by atoms with van der Waals surface area (Å²) in [5.41, 5.74) is 4.73. The molecule has 0 aliphatic heterocycles. The third kappa shape index (κ3) is 5.96. The van der Waals surface area contributed by atoms with Gasteiger partial charge < -0.3 is 10.1 Å². The number of carbonyl (C=O) groups excluding carboxylic acids is 2. The highest BCUT2D eigenvalue weighted by atomic mass is 35.5. The molecule has 0 aliphatic rings. The Morgan fingerprint density at radius 3 is 2.63 bits per heavy atom. The van der Waals surface area contributed by atoms with Crippen LogP contribution in [0, 0.1) is 13.8 Å². The number of allylic oxidation sites excluding steroid dienone is 1. The third-order valence-corrected chi connectivity index (χ3v) is 8.06. The van der Waals surface area contributed by atoms with Crippen LogP contribution in [0.15, 0.2) is 59.6 Å². The molecule has 0 atom stereocenters. The van der Waals surface area contributed by atoms with Crippen LogP contribution in [0.2, 0.25) is 10.0 Å². The van der Waals surface area contributed by atoms with Crippen LogP contribution in [0.4, 0.5) is 5.00 Å². The van der Waals surface area contributed by atoms with Crippen molar-refractivity contribution in [2.24, 2.45) is 0 Å². The van der Waals surface area contributed by atoms with E-state index >= 15 is 0 Å². The van der Waals surface area contributed by atoms with E-state index in [9.17, 15) is 9.59 Å². The number of aromatic nitrogens is 3. The molecule has 0 fully saturated rings. The zero-order chi connectivity index (χ0) is 27.4. The normalized spacial score (nSPS) is 10.9. The first-order chi connectivity index (χ1) is 18.2. The number of methoxy groups -OCH3 is 1. The summed E-state index contributed by atoms with van der Waals surface area (Å²) < 4.78 is 6.87. The van der Waals surface area contributed by atoms with E-state index in [0.29, 0.717) is 43.7 Å². The molecule has 0 aliphatic carbocycles. The van der Waals surface area contributed by atoms with Gasteiger partial charge in [-0.05, 0) is 43.2 Å². The fraction of sp³-hybridized carbons (Fsp3) is 0.185. The Hall–Kier alpha value is -3.11. The van der Waals surface area contributed by atoms with Crippen LogP contribution in [0.25, 0.3) is 22.5 Å². The Balaban J connectivity index is 1.56. The lowest BCUT2D eigenvalue weighted by Crippen LogP contribution is -2.16. The molecule has 2 aromatic carbocycles. The van der Waals surface area contributed by atoms with Crippen molar-refractivity contribution in [2.45, 2.75) is 25.5 Å². The first kappa shape index (κ1) is 27.9. The van der Waals surface area contributed by atoms with E-state index in [0.717, 1.165) is 22.3 Å². The number of hydrogen-bond acceptors (Lipinski definition) is 7. The number of aryl methyl sites for hydroxylation is 2. The number of esters is 1. The van der Waals surface area contributed by atoms with Gasteiger partial charge in [0.05, 0.1) is 17.9 Å². The van der Waals surface area contributed by atoms with Gasteiger partial charge in [0.25, 0.3) is 0 Å². The zero-order valence-electron chi connectivity index (χ0n) is 20.9. The number of nitrogens with zero attached hydrogens (tertiary/aromatic N) is 3. The molecule has 0 spiro atoms. The number of rotatable bonds is 9. The molecule has 0 unspecified atom stereocenters. The monoisotopic (exact) mass is 586 g/mol. The van der Waals surface area contributed by atoms with E-state index in [4.69, 9.17) is 27.9 Å². The van der Waals surface area contributed by atoms with Crippen LogP contribution in [0.3, 0.4) is 0 Å². The maximum absolute atomic E-state index is 13.0. The second-order valence-electron chi connectivity index (χ2n) is 8.33. The summed E-state index contributed by atoms with van der Waals surface area (Å²) >= 11 is 14.9. The maximum Gasteiger partial charge on any atom is 0.341 e. The number of hydrogen-bond donors (Lipinski definition) is 1. The topological polar surface area (TPSA) is 86.1 Å². The molecule has 0 saturated carbocycles. The van der Waals surface area contributed by atoms with Gasteiger partial charge in [0.15, 0.2) is 11.0 Å². The molecule has 0 radical (unpaired) electrons. The summed E-state index contributed by atoms with van der Waals surface area (Å²) in [6.45, 7) is 8.20. The molecule has 0 saturated heterocycles. The van der Waals surface area contributed by atoms with Gasteiger partial charge in [0.2, 0.25) is 5.91 Å². The van der Waals surface area contributed by atoms with Gasteiger partial charge in [0, 0.05) is 28.1 Å². The minimum Gasteiger partial charge on any atom is -0.465 e. The van der Waals surface area contributed by atoms with Crippen molar-refractivity contribution < 1.29 is 14.3 Å². The van der Waals surface area contributed by atoms with E-state index in [1.165, 1.54) is 30.2 Å². The Morgan fingerprint density at radius 2 is 1.92 bits per heavy atom. The number of anilines is 1. The van der Waals surface area contributed by atoms with Gasteiger partial charge in [-0.3, -0.25) is 9.36 Å². The molecule has 2 aromatic heterocycles. The lowest BCUT2D eigenvalue weighted by Gasteiger charge is -2.11. The number of halogens is 2. The largest absolute Gasteiger partial charge is 0.465 e. The minimum atomic E-state index is -0.514. The van der Waals surface area contributed by atoms with Crippen molar-refractivity contribution in [2.75, 3.05) is 18.2 Å². The van der Waals surface area contributed by atoms with Crippen molar-refractivity contribution >= 4 is 63.2 Å². The average molecular weight is 588 g/mol. The van der Waals surface area contributed by atoms with E-state index < -0.39 is 5.97 Å². The van der Waals surface area contributed by atoms with E-state index in [1.807, 2.05) is 42.0 Å². The molecule has 7 nitrogen and oxygen atoms in total. The maximum atomic E-state index is 13.0. The summed E-state index contributed by atoms with van der Waals surface area (Å²) in [4.78, 5) is 25.7. The van der Waals surface area contributed by atoms with Crippen LogP contribution in [0.1, 0.15) is 21.5 Å². The van der Waals surface area contributed by atoms with Gasteiger partial charge in [-0.1, -0.05) is 64.8 Å². The van der Waals surface area contributed by atoms with Crippen LogP contribution in [-0.2, 0) is 16.1 Å². The van der Waals surface area contributed by atoms with Crippen LogP contribution in [-0.4, -0.2) is 39.5 Å². The molecule has 4 rings (SSSR count). The number of carbonyl (C=O) groups is 2. The number of ether oxygens (including phenoxy) is 1. The number of amides is 1. The summed E-state index contributed by atoms with van der Waals surface area (Å²) in [7, 11) is 1.32. The van der Waals surface area contributed by atoms with E-state index in [-0.39, 0.29) is 11.7 Å². The van der Waals surface area contributed by atoms with Crippen LogP contribution >= 0.6 is 46.3 Å². The van der Waals surface area contributed by atoms with Gasteiger partial charge >= 0.3 is 5.97 Å². The minimum absolute atomic E-state index is 0.0426. The molecular weight excluding hydrogens is 563 g/mol. The van der Waals surface area contributed by atoms with Crippen molar-refractivity contribution in [3.63, 3.8) is 0 Å². The van der Waals surface area contributed by atoms with Crippen LogP contribution < -0.4 is 5.32 Å². The number of thioether (sulfide) groups is 1. The second kappa shape index (κ2) is 12.2. The number of benzene rings is 2. The number of nitrogens with one attached hydrogen (secondary N) is 1. The van der Waals surface area contributed by atoms with Gasteiger partial charge in [-0.2, -0.15) is 0 Å². The molecule has 1 amide bonds. The summed E-state index contributed by atoms with van der Waals surface area (Å²) in [6, 6.07) is 11.2. The Morgan fingerprint density at radius 1 is 1.13 bits per heavy atom. The lowest BCUT2D eigenvalue weighted by atomic mass is 9.97. The standard InChI is InChI=1S/C27H24Cl2N4O3S2/c1-5-10-33-24(18-9-8-17(28)12-21(18)29)31-32-27(33)38-14-22(34)30-25-23(26(35)36-4)20(13-37-25)19-11-15(2)6-7-16(19)3/h5-9,11-13H,1,10,14H2,2-4H3,(H,30,34). The molecule has 2 heterocycles. The summed E-state index contributed by atoms with van der Waals surface area (Å²) in [5.74, 6) is -0.228. The van der Waals surface area contributed by atoms with Crippen molar-refractivity contribution in [3.8, 4) is 22.5 Å². The van der Waals surface area contributed by atoms with Crippen molar-refractivity contribution in [3.05, 3.63) is 81.2 Å². The fourth-order valence-electron chi connectivity index (χ4n) is 3.83. The SMILES string of the molecule is C=CCn1c(SCC(=O)Nc2scc(-c3cc(C)ccc3C)c2C(=O)OC)nnc1-c1ccc(Cl)cc1Cl. The highest BCUT2D eigenvalue weighted by Crippen LogP contribution is 2.38. The molecule has 11 heteroatoms. The highest BCUT2D eigenvalue weighted by molar-refractivity contribution is 7.99. The van der Waals surface area contributed by atoms with Crippen molar-refractivity contribution in [1.29, 1.82) is 0 Å². The summed E-state index contributed by atoms with van der Waals surface area (Å²) in [5, 5.41) is 15.2. The Bertz CT molecular complexity index is 1530. The first-order valence-corrected chi connectivity index (χ1v) is 14.0. The van der Waals surface area contributed by atoms with E-state index in [1.54, 1.807) is 24.3 Å². The van der Waals surface area contributed by atoms with Crippen LogP contribution in [0.5, 0.6) is 0 Å². The quantitative estimate of drug-likeness (QED) is 0.126. The fourth-order valence-corrected chi connectivity index (χ4v) is 6.04. The lowest BCUT2D eigenvalue weighted by molar-refractivity contribution is -0.113. The molecule has 1 N–H and O–H groups in total. The van der Waals surface area contributed by atoms with Gasteiger partial charge in [0.1, 0.15) is 10.6 Å². The average Bonchev–Trinajstić information content (AvgIpc) is 3.48. The second-order valence-corrected chi connectivity index (χ2v) is 11.0. The predicted octanol–water partition coefficient (Wildman–Crippen LogP) is 7.30. The third-order valence-electron chi connectivity index (χ3n) is 5.65. The smallest absolute Gasteiger partial charge is 0.341 e. The molecule has 38 heavy (non-hydrogen) atoms. The van der Waals surface area contributed by atoms with E-state index in [2.05, 4.69) is 22.1 Å². The first-order valence-electron chi connectivity index (χ1n) is 11.4. The van der Waals surface area contributed by atoms with Gasteiger partial charge in [-0.25, -0.2) is 4.79 Å². The van der Waals surface area contributed by atoms with Crippen molar-refractivity contribution in [1.82, 2.24) is 14.8 Å².